The number of hydrogen-bond donors (Lipinski definition) is 3. The number of carboxylic acid groups (broad SMARTS) is 1. The molecule has 0 aliphatic heterocycles. The second-order valence-corrected chi connectivity index (χ2v) is 6.55. The number of H-pyrrole nitrogens is 1. The number of halogens is 3. The third kappa shape index (κ3) is 5.35. The lowest BCUT2D eigenvalue weighted by atomic mass is 10.0. The summed E-state index contributed by atoms with van der Waals surface area (Å²) >= 11 is 0. The first-order valence-electron chi connectivity index (χ1n) is 9.25. The molecule has 10 heteroatoms. The van der Waals surface area contributed by atoms with Gasteiger partial charge in [-0.05, 0) is 11.6 Å². The van der Waals surface area contributed by atoms with Crippen LogP contribution in [0.5, 0.6) is 0 Å². The SMILES string of the molecule is NCc1ccc(-c2nc3ccc(=O)[nH]c3nc2-c2ccccc2)cc1.O=C(O)C(F)(F)F. The molecule has 4 aromatic rings. The normalized spacial score (nSPS) is 11.0. The van der Waals surface area contributed by atoms with E-state index in [9.17, 15) is 18.0 Å². The van der Waals surface area contributed by atoms with Gasteiger partial charge in [0.25, 0.3) is 0 Å². The van der Waals surface area contributed by atoms with Gasteiger partial charge in [-0.3, -0.25) is 4.79 Å². The quantitative estimate of drug-likeness (QED) is 0.444. The van der Waals surface area contributed by atoms with Gasteiger partial charge in [0, 0.05) is 23.7 Å². The Morgan fingerprint density at radius 2 is 1.47 bits per heavy atom. The van der Waals surface area contributed by atoms with Gasteiger partial charge in [-0.15, -0.1) is 0 Å². The van der Waals surface area contributed by atoms with E-state index in [-0.39, 0.29) is 5.56 Å². The monoisotopic (exact) mass is 442 g/mol. The van der Waals surface area contributed by atoms with E-state index in [0.717, 1.165) is 28.1 Å². The van der Waals surface area contributed by atoms with Crippen molar-refractivity contribution in [2.45, 2.75) is 12.7 Å². The molecule has 2 aromatic carbocycles. The molecule has 4 rings (SSSR count). The number of alkyl halides is 3. The fraction of sp³-hybridized carbons (Fsp3) is 0.0909. The molecule has 0 saturated carbocycles. The second kappa shape index (κ2) is 9.40. The lowest BCUT2D eigenvalue weighted by Gasteiger charge is -2.10. The minimum absolute atomic E-state index is 0.194. The summed E-state index contributed by atoms with van der Waals surface area (Å²) in [6.45, 7) is 0.496. The highest BCUT2D eigenvalue weighted by Gasteiger charge is 2.38. The summed E-state index contributed by atoms with van der Waals surface area (Å²) in [4.78, 5) is 32.7. The lowest BCUT2D eigenvalue weighted by molar-refractivity contribution is -0.192. The minimum atomic E-state index is -5.08. The summed E-state index contributed by atoms with van der Waals surface area (Å²) in [5.41, 5.74) is 11.1. The Balaban J connectivity index is 0.000000360. The molecule has 32 heavy (non-hydrogen) atoms. The number of nitrogens with zero attached hydrogens (tertiary/aromatic N) is 2. The third-order valence-electron chi connectivity index (χ3n) is 4.31. The van der Waals surface area contributed by atoms with Crippen LogP contribution in [0.1, 0.15) is 5.56 Å². The summed E-state index contributed by atoms with van der Waals surface area (Å²) in [5, 5.41) is 7.12. The average molecular weight is 442 g/mol. The Labute approximate surface area is 179 Å². The molecule has 0 amide bonds. The number of nitrogens with two attached hydrogens (primary N) is 1. The van der Waals surface area contributed by atoms with Gasteiger partial charge in [-0.2, -0.15) is 13.2 Å². The largest absolute Gasteiger partial charge is 0.490 e. The molecule has 2 aromatic heterocycles. The Morgan fingerprint density at radius 1 is 0.906 bits per heavy atom. The number of carboxylic acids is 1. The Kier molecular flexibility index (Phi) is 6.64. The average Bonchev–Trinajstić information content (AvgIpc) is 2.78. The number of benzene rings is 2. The second-order valence-electron chi connectivity index (χ2n) is 6.55. The van der Waals surface area contributed by atoms with E-state index in [2.05, 4.69) is 9.97 Å². The third-order valence-corrected chi connectivity index (χ3v) is 4.31. The smallest absolute Gasteiger partial charge is 0.475 e. The van der Waals surface area contributed by atoms with Crippen molar-refractivity contribution < 1.29 is 23.1 Å². The Hall–Kier alpha value is -4.05. The number of rotatable bonds is 3. The summed E-state index contributed by atoms with van der Waals surface area (Å²) in [7, 11) is 0. The number of nitrogens with one attached hydrogen (secondary N) is 1. The number of aliphatic carboxylic acids is 1. The van der Waals surface area contributed by atoms with Gasteiger partial charge in [-0.25, -0.2) is 14.8 Å². The van der Waals surface area contributed by atoms with Crippen molar-refractivity contribution in [3.8, 4) is 22.5 Å². The number of aromatic nitrogens is 3. The van der Waals surface area contributed by atoms with Crippen LogP contribution in [0.15, 0.2) is 71.5 Å². The molecule has 0 bridgehead atoms. The van der Waals surface area contributed by atoms with Crippen LogP contribution in [0.4, 0.5) is 13.2 Å². The summed E-state index contributed by atoms with van der Waals surface area (Å²) < 4.78 is 31.7. The van der Waals surface area contributed by atoms with Crippen molar-refractivity contribution >= 4 is 17.1 Å². The van der Waals surface area contributed by atoms with Crippen LogP contribution in [-0.4, -0.2) is 32.2 Å². The van der Waals surface area contributed by atoms with Crippen LogP contribution in [0.3, 0.4) is 0 Å². The van der Waals surface area contributed by atoms with Gasteiger partial charge in [0.15, 0.2) is 5.65 Å². The fourth-order valence-electron chi connectivity index (χ4n) is 2.77. The standard InChI is InChI=1S/C20H16N4O.C2HF3O2/c21-12-13-6-8-15(9-7-13)18-19(14-4-2-1-3-5-14)24-20-16(22-18)10-11-17(25)23-20;3-2(4,5)1(6)7/h1-11H,12,21H2,(H,23,24,25);(H,6,7). The zero-order valence-electron chi connectivity index (χ0n) is 16.4. The van der Waals surface area contributed by atoms with Crippen LogP contribution in [0.2, 0.25) is 0 Å². The van der Waals surface area contributed by atoms with Gasteiger partial charge in [0.05, 0.1) is 11.4 Å². The van der Waals surface area contributed by atoms with Crippen LogP contribution < -0.4 is 11.3 Å². The Bertz CT molecular complexity index is 1290. The van der Waals surface area contributed by atoms with E-state index in [4.69, 9.17) is 20.6 Å². The van der Waals surface area contributed by atoms with Crippen molar-refractivity contribution in [2.24, 2.45) is 5.73 Å². The predicted octanol–water partition coefficient (Wildman–Crippen LogP) is 3.74. The van der Waals surface area contributed by atoms with Crippen molar-refractivity contribution in [3.05, 3.63) is 82.6 Å². The van der Waals surface area contributed by atoms with Crippen LogP contribution >= 0.6 is 0 Å². The van der Waals surface area contributed by atoms with Gasteiger partial charge in [-0.1, -0.05) is 54.6 Å². The molecule has 4 N–H and O–H groups in total. The van der Waals surface area contributed by atoms with Gasteiger partial charge >= 0.3 is 12.1 Å². The van der Waals surface area contributed by atoms with E-state index < -0.39 is 12.1 Å². The molecule has 0 saturated heterocycles. The van der Waals surface area contributed by atoms with Crippen LogP contribution in [-0.2, 0) is 11.3 Å². The van der Waals surface area contributed by atoms with Crippen molar-refractivity contribution in [1.29, 1.82) is 0 Å². The van der Waals surface area contributed by atoms with Crippen LogP contribution in [0, 0.1) is 0 Å². The molecule has 164 valence electrons. The molecular formula is C22H17F3N4O3. The van der Waals surface area contributed by atoms with Gasteiger partial charge < -0.3 is 15.8 Å². The number of carbonyl (C=O) groups is 1. The van der Waals surface area contributed by atoms with E-state index in [1.54, 1.807) is 6.07 Å². The maximum atomic E-state index is 11.6. The van der Waals surface area contributed by atoms with Gasteiger partial charge in [0.1, 0.15) is 5.52 Å². The van der Waals surface area contributed by atoms with E-state index in [1.807, 2.05) is 54.6 Å². The van der Waals surface area contributed by atoms with Crippen molar-refractivity contribution in [1.82, 2.24) is 15.0 Å². The molecule has 0 spiro atoms. The molecular weight excluding hydrogens is 425 g/mol. The molecule has 0 aliphatic carbocycles. The molecule has 0 radical (unpaired) electrons. The summed E-state index contributed by atoms with van der Waals surface area (Å²) in [6, 6.07) is 20.9. The number of pyridine rings is 1. The first-order valence-corrected chi connectivity index (χ1v) is 9.25. The van der Waals surface area contributed by atoms with E-state index >= 15 is 0 Å². The first kappa shape index (κ1) is 22.6. The minimum Gasteiger partial charge on any atom is -0.475 e. The highest BCUT2D eigenvalue weighted by molar-refractivity contribution is 5.84. The lowest BCUT2D eigenvalue weighted by Crippen LogP contribution is -2.21. The first-order chi connectivity index (χ1) is 15.2. The summed E-state index contributed by atoms with van der Waals surface area (Å²) in [5.74, 6) is -2.76. The molecule has 0 fully saturated rings. The highest BCUT2D eigenvalue weighted by atomic mass is 19.4. The number of hydrogen-bond acceptors (Lipinski definition) is 5. The number of fused-ring (bicyclic) bond motifs is 1. The van der Waals surface area contributed by atoms with Gasteiger partial charge in [0.2, 0.25) is 5.56 Å². The summed E-state index contributed by atoms with van der Waals surface area (Å²) in [6.07, 6.45) is -5.08. The molecule has 0 unspecified atom stereocenters. The topological polar surface area (TPSA) is 122 Å². The van der Waals surface area contributed by atoms with Crippen molar-refractivity contribution in [3.63, 3.8) is 0 Å². The predicted molar refractivity (Wildman–Crippen MR) is 113 cm³/mol. The van der Waals surface area contributed by atoms with Crippen molar-refractivity contribution in [2.75, 3.05) is 0 Å². The number of aromatic amines is 1. The maximum absolute atomic E-state index is 11.6. The van der Waals surface area contributed by atoms with E-state index in [1.165, 1.54) is 6.07 Å². The zero-order valence-corrected chi connectivity index (χ0v) is 16.4. The molecule has 0 aliphatic rings. The molecule has 0 atom stereocenters. The molecule has 2 heterocycles. The maximum Gasteiger partial charge on any atom is 0.490 e. The molecule has 7 nitrogen and oxygen atoms in total. The fourth-order valence-corrected chi connectivity index (χ4v) is 2.77. The van der Waals surface area contributed by atoms with E-state index in [0.29, 0.717) is 17.7 Å². The highest BCUT2D eigenvalue weighted by Crippen LogP contribution is 2.30. The van der Waals surface area contributed by atoms with Crippen LogP contribution in [0.25, 0.3) is 33.7 Å². The Morgan fingerprint density at radius 3 is 2.03 bits per heavy atom. The zero-order chi connectivity index (χ0) is 23.3.